The summed E-state index contributed by atoms with van der Waals surface area (Å²) in [6, 6.07) is 7.12. The van der Waals surface area contributed by atoms with E-state index in [9.17, 15) is 13.2 Å². The fraction of sp³-hybridized carbons (Fsp3) is 0. The zero-order chi connectivity index (χ0) is 14.0. The van der Waals surface area contributed by atoms with Gasteiger partial charge in [0.05, 0.1) is 5.69 Å². The van der Waals surface area contributed by atoms with Crippen LogP contribution in [0.25, 0.3) is 0 Å². The summed E-state index contributed by atoms with van der Waals surface area (Å²) in [7, 11) is 0. The van der Waals surface area contributed by atoms with Crippen molar-refractivity contribution in [2.24, 2.45) is 0 Å². The van der Waals surface area contributed by atoms with Gasteiger partial charge in [-0.15, -0.1) is 0 Å². The quantitative estimate of drug-likeness (QED) is 0.846. The van der Waals surface area contributed by atoms with Crippen LogP contribution < -0.4 is 10.5 Å². The highest BCUT2D eigenvalue weighted by molar-refractivity contribution is 5.56. The number of ether oxygens (including phenoxy) is 1. The lowest BCUT2D eigenvalue weighted by Crippen LogP contribution is -1.99. The minimum atomic E-state index is -1.30. The Morgan fingerprint density at radius 1 is 1.05 bits per heavy atom. The van der Waals surface area contributed by atoms with Crippen molar-refractivity contribution in [1.29, 1.82) is 5.26 Å². The smallest absolute Gasteiger partial charge is 0.203 e. The van der Waals surface area contributed by atoms with Gasteiger partial charge in [-0.25, -0.2) is 8.78 Å². The number of hydrogen-bond donors (Lipinski definition) is 1. The second-order valence-corrected chi connectivity index (χ2v) is 3.61. The predicted octanol–water partition coefficient (Wildman–Crippen LogP) is 3.35. The molecular weight excluding hydrogens is 257 g/mol. The number of nitrogens with zero attached hydrogens (tertiary/aromatic N) is 1. The maximum absolute atomic E-state index is 13.5. The fourth-order valence-electron chi connectivity index (χ4n) is 1.46. The first kappa shape index (κ1) is 12.8. The van der Waals surface area contributed by atoms with Crippen LogP contribution in [0.1, 0.15) is 5.56 Å². The first-order valence-electron chi connectivity index (χ1n) is 5.14. The molecule has 0 atom stereocenters. The molecule has 0 unspecified atom stereocenters. The Bertz CT molecular complexity index is 680. The molecule has 0 aromatic heterocycles. The van der Waals surface area contributed by atoms with Gasteiger partial charge in [0.2, 0.25) is 5.82 Å². The van der Waals surface area contributed by atoms with Crippen LogP contribution >= 0.6 is 0 Å². The van der Waals surface area contributed by atoms with E-state index in [4.69, 9.17) is 15.7 Å². The number of benzene rings is 2. The van der Waals surface area contributed by atoms with Crippen molar-refractivity contribution in [3.63, 3.8) is 0 Å². The molecule has 0 fully saturated rings. The van der Waals surface area contributed by atoms with Gasteiger partial charge >= 0.3 is 0 Å². The SMILES string of the molecule is N#Cc1c(F)cccc1Oc1c(N)ccc(F)c1F. The fourth-order valence-corrected chi connectivity index (χ4v) is 1.46. The molecule has 6 heteroatoms. The topological polar surface area (TPSA) is 59.0 Å². The van der Waals surface area contributed by atoms with E-state index in [2.05, 4.69) is 0 Å². The van der Waals surface area contributed by atoms with Gasteiger partial charge in [-0.2, -0.15) is 9.65 Å². The zero-order valence-electron chi connectivity index (χ0n) is 9.45. The van der Waals surface area contributed by atoms with E-state index in [1.807, 2.05) is 0 Å². The molecule has 0 amide bonds. The van der Waals surface area contributed by atoms with Gasteiger partial charge in [0.25, 0.3) is 0 Å². The van der Waals surface area contributed by atoms with Gasteiger partial charge in [-0.3, -0.25) is 0 Å². The van der Waals surface area contributed by atoms with Crippen LogP contribution in [0.4, 0.5) is 18.9 Å². The van der Waals surface area contributed by atoms with Gasteiger partial charge in [-0.1, -0.05) is 6.07 Å². The zero-order valence-corrected chi connectivity index (χ0v) is 9.45. The largest absolute Gasteiger partial charge is 0.450 e. The minimum absolute atomic E-state index is 0.160. The Hall–Kier alpha value is -2.68. The third-order valence-corrected chi connectivity index (χ3v) is 2.38. The van der Waals surface area contributed by atoms with E-state index in [1.165, 1.54) is 12.1 Å². The van der Waals surface area contributed by atoms with E-state index in [-0.39, 0.29) is 11.4 Å². The average Bonchev–Trinajstić information content (AvgIpc) is 2.39. The molecule has 0 aliphatic carbocycles. The standard InChI is InChI=1S/C13H7F3N2O/c14-8-2-1-3-11(7(8)6-17)19-13-10(18)5-4-9(15)12(13)16/h1-5H,18H2. The number of rotatable bonds is 2. The van der Waals surface area contributed by atoms with Gasteiger partial charge < -0.3 is 10.5 Å². The molecule has 0 saturated heterocycles. The molecule has 0 radical (unpaired) electrons. The molecule has 2 rings (SSSR count). The van der Waals surface area contributed by atoms with E-state index in [0.29, 0.717) is 0 Å². The summed E-state index contributed by atoms with van der Waals surface area (Å²) < 4.78 is 45.0. The molecule has 0 spiro atoms. The lowest BCUT2D eigenvalue weighted by molar-refractivity contribution is 0.415. The summed E-state index contributed by atoms with van der Waals surface area (Å²) in [5.41, 5.74) is 4.89. The van der Waals surface area contributed by atoms with Crippen LogP contribution in [-0.2, 0) is 0 Å². The highest BCUT2D eigenvalue weighted by Crippen LogP contribution is 2.33. The van der Waals surface area contributed by atoms with Crippen LogP contribution in [0.5, 0.6) is 11.5 Å². The third-order valence-electron chi connectivity index (χ3n) is 2.38. The molecule has 2 aromatic rings. The number of hydrogen-bond acceptors (Lipinski definition) is 3. The normalized spacial score (nSPS) is 10.0. The summed E-state index contributed by atoms with van der Waals surface area (Å²) in [6.45, 7) is 0. The first-order chi connectivity index (χ1) is 9.04. The predicted molar refractivity (Wildman–Crippen MR) is 62.0 cm³/mol. The Morgan fingerprint density at radius 2 is 1.79 bits per heavy atom. The van der Waals surface area contributed by atoms with Crippen molar-refractivity contribution in [3.05, 3.63) is 53.3 Å². The van der Waals surface area contributed by atoms with E-state index in [0.717, 1.165) is 18.2 Å². The Labute approximate surface area is 106 Å². The Kier molecular flexibility index (Phi) is 3.29. The first-order valence-corrected chi connectivity index (χ1v) is 5.14. The van der Waals surface area contributed by atoms with Gasteiger partial charge in [-0.05, 0) is 24.3 Å². The molecule has 0 saturated carbocycles. The molecule has 2 aromatic carbocycles. The van der Waals surface area contributed by atoms with Crippen molar-refractivity contribution in [2.45, 2.75) is 0 Å². The average molecular weight is 264 g/mol. The van der Waals surface area contributed by atoms with Crippen molar-refractivity contribution in [3.8, 4) is 17.6 Å². The summed E-state index contributed by atoms with van der Waals surface area (Å²) in [5.74, 6) is -4.09. The van der Waals surface area contributed by atoms with Gasteiger partial charge in [0, 0.05) is 0 Å². The van der Waals surface area contributed by atoms with Crippen molar-refractivity contribution < 1.29 is 17.9 Å². The van der Waals surface area contributed by atoms with E-state index < -0.39 is 28.8 Å². The molecule has 96 valence electrons. The molecular formula is C13H7F3N2O. The number of nitrogens with two attached hydrogens (primary N) is 1. The maximum atomic E-state index is 13.5. The molecule has 19 heavy (non-hydrogen) atoms. The van der Waals surface area contributed by atoms with Gasteiger partial charge in [0.1, 0.15) is 23.2 Å². The second-order valence-electron chi connectivity index (χ2n) is 3.61. The lowest BCUT2D eigenvalue weighted by Gasteiger charge is -2.11. The lowest BCUT2D eigenvalue weighted by atomic mass is 10.2. The number of nitriles is 1. The Morgan fingerprint density at radius 3 is 2.47 bits per heavy atom. The maximum Gasteiger partial charge on any atom is 0.203 e. The van der Waals surface area contributed by atoms with Crippen molar-refractivity contribution in [1.82, 2.24) is 0 Å². The summed E-state index contributed by atoms with van der Waals surface area (Å²) in [5, 5.41) is 8.80. The molecule has 0 heterocycles. The van der Waals surface area contributed by atoms with E-state index in [1.54, 1.807) is 6.07 Å². The van der Waals surface area contributed by atoms with Crippen LogP contribution in [-0.4, -0.2) is 0 Å². The third kappa shape index (κ3) is 2.31. The highest BCUT2D eigenvalue weighted by atomic mass is 19.2. The number of nitrogen functional groups attached to an aromatic ring is 1. The molecule has 2 N–H and O–H groups in total. The minimum Gasteiger partial charge on any atom is -0.450 e. The molecule has 3 nitrogen and oxygen atoms in total. The number of halogens is 3. The second kappa shape index (κ2) is 4.90. The number of anilines is 1. The van der Waals surface area contributed by atoms with Crippen molar-refractivity contribution in [2.75, 3.05) is 5.73 Å². The molecule has 0 aliphatic heterocycles. The highest BCUT2D eigenvalue weighted by Gasteiger charge is 2.17. The monoisotopic (exact) mass is 264 g/mol. The van der Waals surface area contributed by atoms with Crippen LogP contribution in [0.15, 0.2) is 30.3 Å². The van der Waals surface area contributed by atoms with Gasteiger partial charge in [0.15, 0.2) is 11.6 Å². The van der Waals surface area contributed by atoms with Crippen LogP contribution in [0.3, 0.4) is 0 Å². The summed E-state index contributed by atoms with van der Waals surface area (Å²) in [6.07, 6.45) is 0. The summed E-state index contributed by atoms with van der Waals surface area (Å²) in [4.78, 5) is 0. The summed E-state index contributed by atoms with van der Waals surface area (Å²) >= 11 is 0. The molecule has 0 aliphatic rings. The van der Waals surface area contributed by atoms with Crippen LogP contribution in [0, 0.1) is 28.8 Å². The molecule has 0 bridgehead atoms. The Balaban J connectivity index is 2.52. The van der Waals surface area contributed by atoms with Crippen LogP contribution in [0.2, 0.25) is 0 Å². The van der Waals surface area contributed by atoms with Crippen molar-refractivity contribution >= 4 is 5.69 Å². The van der Waals surface area contributed by atoms with E-state index >= 15 is 0 Å².